The maximum absolute atomic E-state index is 2.56. The van der Waals surface area contributed by atoms with Gasteiger partial charge in [0.25, 0.3) is 0 Å². The summed E-state index contributed by atoms with van der Waals surface area (Å²) < 4.78 is 0. The predicted octanol–water partition coefficient (Wildman–Crippen LogP) is 5.83. The maximum Gasteiger partial charge on any atom is 0.0124 e. The van der Waals surface area contributed by atoms with E-state index in [9.17, 15) is 0 Å². The van der Waals surface area contributed by atoms with Gasteiger partial charge in [0.15, 0.2) is 0 Å². The second-order valence-corrected chi connectivity index (χ2v) is 7.45. The van der Waals surface area contributed by atoms with Crippen LogP contribution in [0, 0.1) is 5.92 Å². The van der Waals surface area contributed by atoms with Gasteiger partial charge in [-0.1, -0.05) is 62.4 Å². The zero-order valence-corrected chi connectivity index (χ0v) is 16.3. The third kappa shape index (κ3) is 3.25. The highest BCUT2D eigenvalue weighted by Gasteiger charge is 2.42. The van der Waals surface area contributed by atoms with Crippen LogP contribution in [0.1, 0.15) is 67.2 Å². The molecule has 0 fully saturated rings. The van der Waals surface area contributed by atoms with E-state index in [0.29, 0.717) is 11.8 Å². The van der Waals surface area contributed by atoms with Crippen LogP contribution in [0.15, 0.2) is 48.5 Å². The first-order valence-corrected chi connectivity index (χ1v) is 9.73. The molecule has 2 aromatic rings. The van der Waals surface area contributed by atoms with E-state index in [0.717, 1.165) is 5.92 Å². The zero-order valence-electron chi connectivity index (χ0n) is 15.4. The van der Waals surface area contributed by atoms with E-state index in [4.69, 9.17) is 0 Å². The molecule has 0 aliphatic heterocycles. The molecule has 2 aromatic carbocycles. The lowest BCUT2D eigenvalue weighted by molar-refractivity contribution is 0.266. The fourth-order valence-electron chi connectivity index (χ4n) is 5.16. The Morgan fingerprint density at radius 1 is 0.840 bits per heavy atom. The predicted molar refractivity (Wildman–Crippen MR) is 109 cm³/mol. The second-order valence-electron chi connectivity index (χ2n) is 7.45. The summed E-state index contributed by atoms with van der Waals surface area (Å²) in [6.07, 6.45) is 4.04. The van der Waals surface area contributed by atoms with Gasteiger partial charge >= 0.3 is 0 Å². The van der Waals surface area contributed by atoms with Crippen molar-refractivity contribution in [1.82, 2.24) is 4.90 Å². The molecule has 3 aliphatic carbocycles. The van der Waals surface area contributed by atoms with Crippen LogP contribution >= 0.6 is 12.4 Å². The quantitative estimate of drug-likeness (QED) is 0.630. The molecule has 5 rings (SSSR count). The van der Waals surface area contributed by atoms with Crippen LogP contribution in [-0.4, -0.2) is 24.5 Å². The summed E-state index contributed by atoms with van der Waals surface area (Å²) in [5, 5.41) is 0. The summed E-state index contributed by atoms with van der Waals surface area (Å²) in [6, 6.07) is 18.4. The van der Waals surface area contributed by atoms with Gasteiger partial charge in [0.1, 0.15) is 0 Å². The average Bonchev–Trinajstić information content (AvgIpc) is 2.65. The average molecular weight is 356 g/mol. The molecule has 2 heteroatoms. The number of fused-ring (bicyclic) bond motifs is 1. The summed E-state index contributed by atoms with van der Waals surface area (Å²) in [5.74, 6) is 2.07. The highest BCUT2D eigenvalue weighted by Crippen LogP contribution is 2.56. The molecule has 1 atom stereocenters. The molecule has 1 unspecified atom stereocenters. The molecule has 0 spiro atoms. The van der Waals surface area contributed by atoms with E-state index >= 15 is 0 Å². The van der Waals surface area contributed by atoms with Crippen molar-refractivity contribution in [3.05, 3.63) is 70.8 Å². The molecule has 134 valence electrons. The Kier molecular flexibility index (Phi) is 5.86. The Morgan fingerprint density at radius 2 is 1.36 bits per heavy atom. The number of hydrogen-bond donors (Lipinski definition) is 0. The third-order valence-electron chi connectivity index (χ3n) is 6.37. The molecule has 0 aromatic heterocycles. The summed E-state index contributed by atoms with van der Waals surface area (Å²) in [4.78, 5) is 2.56. The summed E-state index contributed by atoms with van der Waals surface area (Å²) in [7, 11) is 0. The van der Waals surface area contributed by atoms with Gasteiger partial charge in [-0.2, -0.15) is 0 Å². The van der Waals surface area contributed by atoms with E-state index in [1.807, 2.05) is 0 Å². The fraction of sp³-hybridized carbons (Fsp3) is 0.478. The Hall–Kier alpha value is -1.31. The van der Waals surface area contributed by atoms with Crippen LogP contribution in [0.3, 0.4) is 0 Å². The molecule has 0 amide bonds. The molecule has 0 saturated carbocycles. The van der Waals surface area contributed by atoms with Gasteiger partial charge in [0.05, 0.1) is 0 Å². The van der Waals surface area contributed by atoms with E-state index < -0.39 is 0 Å². The zero-order chi connectivity index (χ0) is 16.5. The van der Waals surface area contributed by atoms with Crippen LogP contribution in [0.2, 0.25) is 0 Å². The van der Waals surface area contributed by atoms with Crippen molar-refractivity contribution in [2.24, 2.45) is 5.92 Å². The summed E-state index contributed by atoms with van der Waals surface area (Å²) >= 11 is 0. The SMILES string of the molecule is CCN(CC)CCCC1CC2c3ccccc3C1c1ccccc12.Cl. The molecular formula is C23H30ClN. The normalized spacial score (nSPS) is 23.1. The fourth-order valence-corrected chi connectivity index (χ4v) is 5.16. The smallest absolute Gasteiger partial charge is 0.0124 e. The maximum atomic E-state index is 2.56. The first-order valence-electron chi connectivity index (χ1n) is 9.73. The highest BCUT2D eigenvalue weighted by atomic mass is 35.5. The number of halogens is 1. The van der Waals surface area contributed by atoms with Crippen molar-refractivity contribution >= 4 is 12.4 Å². The lowest BCUT2D eigenvalue weighted by atomic mass is 9.58. The van der Waals surface area contributed by atoms with Crippen LogP contribution in [0.25, 0.3) is 0 Å². The molecule has 0 radical (unpaired) electrons. The van der Waals surface area contributed by atoms with E-state index in [-0.39, 0.29) is 12.4 Å². The number of nitrogens with zero attached hydrogens (tertiary/aromatic N) is 1. The van der Waals surface area contributed by atoms with Crippen molar-refractivity contribution < 1.29 is 0 Å². The van der Waals surface area contributed by atoms with Crippen molar-refractivity contribution in [1.29, 1.82) is 0 Å². The lowest BCUT2D eigenvalue weighted by Gasteiger charge is -2.46. The van der Waals surface area contributed by atoms with Gasteiger partial charge in [-0.25, -0.2) is 0 Å². The van der Waals surface area contributed by atoms with Crippen molar-refractivity contribution in [3.63, 3.8) is 0 Å². The summed E-state index contributed by atoms with van der Waals surface area (Å²) in [5.41, 5.74) is 6.42. The molecular weight excluding hydrogens is 326 g/mol. The Morgan fingerprint density at radius 3 is 1.88 bits per heavy atom. The van der Waals surface area contributed by atoms with Crippen LogP contribution < -0.4 is 0 Å². The Bertz CT molecular complexity index is 659. The molecule has 0 N–H and O–H groups in total. The molecule has 2 bridgehead atoms. The lowest BCUT2D eigenvalue weighted by Crippen LogP contribution is -2.33. The molecule has 1 nitrogen and oxygen atoms in total. The first-order chi connectivity index (χ1) is 11.8. The standard InChI is InChI=1S/C23H29N.ClH/c1-3-24(4-2)15-9-10-17-16-22-18-11-5-7-13-20(18)23(17)21-14-8-6-12-19(21)22;/h5-8,11-14,17,22-23H,3-4,9-10,15-16H2,1-2H3;1H. The third-order valence-corrected chi connectivity index (χ3v) is 6.37. The minimum absolute atomic E-state index is 0. The van der Waals surface area contributed by atoms with Gasteiger partial charge in [-0.05, 0) is 67.1 Å². The highest BCUT2D eigenvalue weighted by molar-refractivity contribution is 5.85. The van der Waals surface area contributed by atoms with Gasteiger partial charge in [-0.3, -0.25) is 0 Å². The Labute approximate surface area is 158 Å². The van der Waals surface area contributed by atoms with Gasteiger partial charge in [0, 0.05) is 11.8 Å². The van der Waals surface area contributed by atoms with Crippen molar-refractivity contribution in [2.75, 3.05) is 19.6 Å². The van der Waals surface area contributed by atoms with Crippen LogP contribution in [0.5, 0.6) is 0 Å². The van der Waals surface area contributed by atoms with Gasteiger partial charge in [-0.15, -0.1) is 12.4 Å². The largest absolute Gasteiger partial charge is 0.304 e. The molecule has 3 aliphatic rings. The number of hydrogen-bond acceptors (Lipinski definition) is 1. The number of rotatable bonds is 6. The Balaban J connectivity index is 0.00000182. The van der Waals surface area contributed by atoms with Gasteiger partial charge in [0.2, 0.25) is 0 Å². The van der Waals surface area contributed by atoms with Crippen LogP contribution in [0.4, 0.5) is 0 Å². The van der Waals surface area contributed by atoms with E-state index in [1.165, 1.54) is 38.9 Å². The topological polar surface area (TPSA) is 3.24 Å². The van der Waals surface area contributed by atoms with E-state index in [1.54, 1.807) is 22.3 Å². The van der Waals surface area contributed by atoms with Crippen molar-refractivity contribution in [3.8, 4) is 0 Å². The molecule has 0 heterocycles. The van der Waals surface area contributed by atoms with Gasteiger partial charge < -0.3 is 4.90 Å². The molecule has 0 saturated heterocycles. The second kappa shape index (κ2) is 7.93. The minimum Gasteiger partial charge on any atom is -0.304 e. The van der Waals surface area contributed by atoms with E-state index in [2.05, 4.69) is 67.3 Å². The number of benzene rings is 2. The monoisotopic (exact) mass is 355 g/mol. The molecule has 25 heavy (non-hydrogen) atoms. The summed E-state index contributed by atoms with van der Waals surface area (Å²) in [6.45, 7) is 8.17. The van der Waals surface area contributed by atoms with Crippen molar-refractivity contribution in [2.45, 2.75) is 44.9 Å². The minimum atomic E-state index is 0. The van der Waals surface area contributed by atoms with Crippen LogP contribution in [-0.2, 0) is 0 Å². The first kappa shape index (κ1) is 18.5.